The van der Waals surface area contributed by atoms with E-state index in [1.807, 2.05) is 12.4 Å². The van der Waals surface area contributed by atoms with Crippen LogP contribution in [0, 0.1) is 5.92 Å². The van der Waals surface area contributed by atoms with E-state index in [0.29, 0.717) is 0 Å². The molecule has 0 fully saturated rings. The SMILES string of the molecule is CC(C)CNCCNCCc1ccncc1. The Balaban J connectivity index is 1.93. The summed E-state index contributed by atoms with van der Waals surface area (Å²) >= 11 is 0. The first-order valence-corrected chi connectivity index (χ1v) is 6.09. The third kappa shape index (κ3) is 6.53. The van der Waals surface area contributed by atoms with Crippen LogP contribution < -0.4 is 10.6 Å². The highest BCUT2D eigenvalue weighted by Gasteiger charge is 1.93. The maximum Gasteiger partial charge on any atom is 0.0270 e. The van der Waals surface area contributed by atoms with E-state index in [-0.39, 0.29) is 0 Å². The van der Waals surface area contributed by atoms with Crippen molar-refractivity contribution in [3.8, 4) is 0 Å². The molecule has 1 heterocycles. The highest BCUT2D eigenvalue weighted by atomic mass is 14.9. The monoisotopic (exact) mass is 221 g/mol. The Hall–Kier alpha value is -0.930. The molecule has 1 aromatic heterocycles. The lowest BCUT2D eigenvalue weighted by atomic mass is 10.2. The van der Waals surface area contributed by atoms with Crippen LogP contribution >= 0.6 is 0 Å². The van der Waals surface area contributed by atoms with Crippen molar-refractivity contribution in [2.45, 2.75) is 20.3 Å². The van der Waals surface area contributed by atoms with E-state index in [2.05, 4.69) is 41.6 Å². The van der Waals surface area contributed by atoms with Gasteiger partial charge in [-0.3, -0.25) is 4.98 Å². The van der Waals surface area contributed by atoms with Crippen LogP contribution in [-0.4, -0.2) is 31.2 Å². The van der Waals surface area contributed by atoms with Gasteiger partial charge in [-0.05, 0) is 43.1 Å². The van der Waals surface area contributed by atoms with E-state index in [1.165, 1.54) is 5.56 Å². The predicted molar refractivity (Wildman–Crippen MR) is 68.5 cm³/mol. The van der Waals surface area contributed by atoms with E-state index in [9.17, 15) is 0 Å². The lowest BCUT2D eigenvalue weighted by Crippen LogP contribution is -2.30. The first-order chi connectivity index (χ1) is 7.79. The normalized spacial score (nSPS) is 10.9. The second-order valence-electron chi connectivity index (χ2n) is 4.45. The molecule has 1 aromatic rings. The lowest BCUT2D eigenvalue weighted by Gasteiger charge is -2.08. The van der Waals surface area contributed by atoms with Gasteiger partial charge < -0.3 is 10.6 Å². The van der Waals surface area contributed by atoms with Crippen molar-refractivity contribution < 1.29 is 0 Å². The zero-order valence-electron chi connectivity index (χ0n) is 10.4. The van der Waals surface area contributed by atoms with E-state index in [0.717, 1.165) is 38.5 Å². The third-order valence-electron chi connectivity index (χ3n) is 2.37. The van der Waals surface area contributed by atoms with Crippen LogP contribution in [0.4, 0.5) is 0 Å². The van der Waals surface area contributed by atoms with Gasteiger partial charge in [-0.15, -0.1) is 0 Å². The largest absolute Gasteiger partial charge is 0.315 e. The molecule has 2 N–H and O–H groups in total. The molecule has 1 rings (SSSR count). The Kier molecular flexibility index (Phi) is 6.77. The van der Waals surface area contributed by atoms with E-state index in [4.69, 9.17) is 0 Å². The number of aromatic nitrogens is 1. The van der Waals surface area contributed by atoms with Gasteiger partial charge in [0, 0.05) is 25.5 Å². The van der Waals surface area contributed by atoms with Crippen molar-refractivity contribution >= 4 is 0 Å². The van der Waals surface area contributed by atoms with Gasteiger partial charge in [-0.2, -0.15) is 0 Å². The molecule has 3 heteroatoms. The summed E-state index contributed by atoms with van der Waals surface area (Å²) < 4.78 is 0. The van der Waals surface area contributed by atoms with E-state index in [1.54, 1.807) is 0 Å². The number of nitrogens with zero attached hydrogens (tertiary/aromatic N) is 1. The Bertz CT molecular complexity index is 259. The number of hydrogen-bond acceptors (Lipinski definition) is 3. The van der Waals surface area contributed by atoms with Crippen molar-refractivity contribution in [3.63, 3.8) is 0 Å². The standard InChI is InChI=1S/C13H23N3/c1-12(2)11-16-10-9-15-8-5-13-3-6-14-7-4-13/h3-4,6-7,12,15-16H,5,8-11H2,1-2H3. The highest BCUT2D eigenvalue weighted by molar-refractivity contribution is 5.09. The number of rotatable bonds is 8. The van der Waals surface area contributed by atoms with Gasteiger partial charge in [0.25, 0.3) is 0 Å². The first kappa shape index (κ1) is 13.1. The Labute approximate surface area is 98.7 Å². The topological polar surface area (TPSA) is 37.0 Å². The van der Waals surface area contributed by atoms with Crippen LogP contribution in [0.1, 0.15) is 19.4 Å². The fourth-order valence-corrected chi connectivity index (χ4v) is 1.47. The van der Waals surface area contributed by atoms with Gasteiger partial charge >= 0.3 is 0 Å². The number of hydrogen-bond donors (Lipinski definition) is 2. The summed E-state index contributed by atoms with van der Waals surface area (Å²) in [5.74, 6) is 0.733. The maximum absolute atomic E-state index is 4.00. The second kappa shape index (κ2) is 8.25. The van der Waals surface area contributed by atoms with Crippen molar-refractivity contribution in [2.24, 2.45) is 5.92 Å². The molecule has 0 radical (unpaired) electrons. The average molecular weight is 221 g/mol. The zero-order chi connectivity index (χ0) is 11.6. The molecular weight excluding hydrogens is 198 g/mol. The minimum absolute atomic E-state index is 0.733. The van der Waals surface area contributed by atoms with E-state index >= 15 is 0 Å². The van der Waals surface area contributed by atoms with Gasteiger partial charge in [0.05, 0.1) is 0 Å². The predicted octanol–water partition coefficient (Wildman–Crippen LogP) is 1.46. The van der Waals surface area contributed by atoms with Gasteiger partial charge in [0.2, 0.25) is 0 Å². The molecule has 0 bridgehead atoms. The Morgan fingerprint density at radius 3 is 2.44 bits per heavy atom. The minimum Gasteiger partial charge on any atom is -0.315 e. The molecule has 16 heavy (non-hydrogen) atoms. The fraction of sp³-hybridized carbons (Fsp3) is 0.615. The average Bonchev–Trinajstić information content (AvgIpc) is 2.29. The molecule has 0 spiro atoms. The molecule has 0 atom stereocenters. The van der Waals surface area contributed by atoms with Crippen LogP contribution in [0.25, 0.3) is 0 Å². The summed E-state index contributed by atoms with van der Waals surface area (Å²) in [6.45, 7) is 8.68. The van der Waals surface area contributed by atoms with Gasteiger partial charge in [-0.1, -0.05) is 13.8 Å². The molecule has 0 aliphatic heterocycles. The first-order valence-electron chi connectivity index (χ1n) is 6.09. The molecule has 3 nitrogen and oxygen atoms in total. The van der Waals surface area contributed by atoms with Crippen molar-refractivity contribution in [2.75, 3.05) is 26.2 Å². The highest BCUT2D eigenvalue weighted by Crippen LogP contribution is 1.95. The molecular formula is C13H23N3. The summed E-state index contributed by atoms with van der Waals surface area (Å²) in [5, 5.41) is 6.84. The van der Waals surface area contributed by atoms with Crippen LogP contribution in [0.2, 0.25) is 0 Å². The zero-order valence-corrected chi connectivity index (χ0v) is 10.4. The molecule has 0 unspecified atom stereocenters. The van der Waals surface area contributed by atoms with Crippen LogP contribution in [0.15, 0.2) is 24.5 Å². The number of nitrogens with one attached hydrogen (secondary N) is 2. The van der Waals surface area contributed by atoms with Crippen molar-refractivity contribution in [3.05, 3.63) is 30.1 Å². The summed E-state index contributed by atoms with van der Waals surface area (Å²) in [7, 11) is 0. The molecule has 0 saturated carbocycles. The Morgan fingerprint density at radius 2 is 1.75 bits per heavy atom. The molecule has 0 saturated heterocycles. The van der Waals surface area contributed by atoms with E-state index < -0.39 is 0 Å². The quantitative estimate of drug-likeness (QED) is 0.653. The smallest absolute Gasteiger partial charge is 0.0270 e. The van der Waals surface area contributed by atoms with Gasteiger partial charge in [0.15, 0.2) is 0 Å². The maximum atomic E-state index is 4.00. The summed E-state index contributed by atoms with van der Waals surface area (Å²) in [5.41, 5.74) is 1.35. The Morgan fingerprint density at radius 1 is 1.06 bits per heavy atom. The van der Waals surface area contributed by atoms with Gasteiger partial charge in [0.1, 0.15) is 0 Å². The molecule has 0 aliphatic rings. The van der Waals surface area contributed by atoms with Crippen molar-refractivity contribution in [1.29, 1.82) is 0 Å². The van der Waals surface area contributed by atoms with Gasteiger partial charge in [-0.25, -0.2) is 0 Å². The lowest BCUT2D eigenvalue weighted by molar-refractivity contribution is 0.536. The minimum atomic E-state index is 0.733. The summed E-state index contributed by atoms with van der Waals surface area (Å²) in [6, 6.07) is 4.14. The van der Waals surface area contributed by atoms with Crippen LogP contribution in [0.3, 0.4) is 0 Å². The third-order valence-corrected chi connectivity index (χ3v) is 2.37. The summed E-state index contributed by atoms with van der Waals surface area (Å²) in [6.07, 6.45) is 4.77. The molecule has 0 amide bonds. The molecule has 0 aromatic carbocycles. The van der Waals surface area contributed by atoms with Crippen LogP contribution in [0.5, 0.6) is 0 Å². The fourth-order valence-electron chi connectivity index (χ4n) is 1.47. The number of pyridine rings is 1. The van der Waals surface area contributed by atoms with Crippen LogP contribution in [-0.2, 0) is 6.42 Å². The molecule has 90 valence electrons. The summed E-state index contributed by atoms with van der Waals surface area (Å²) in [4.78, 5) is 4.00. The van der Waals surface area contributed by atoms with Crippen molar-refractivity contribution in [1.82, 2.24) is 15.6 Å². The molecule has 0 aliphatic carbocycles. The second-order valence-corrected chi connectivity index (χ2v) is 4.45.